The lowest BCUT2D eigenvalue weighted by Gasteiger charge is -2.35. The van der Waals surface area contributed by atoms with Gasteiger partial charge >= 0.3 is 5.97 Å². The maximum atomic E-state index is 11.3. The van der Waals surface area contributed by atoms with E-state index in [0.717, 1.165) is 25.6 Å². The van der Waals surface area contributed by atoms with Crippen LogP contribution in [0.2, 0.25) is 0 Å². The van der Waals surface area contributed by atoms with Crippen molar-refractivity contribution in [2.45, 2.75) is 44.6 Å². The minimum Gasteiger partial charge on any atom is -0.469 e. The number of ether oxygens (including phenoxy) is 2. The van der Waals surface area contributed by atoms with Crippen molar-refractivity contribution in [3.05, 3.63) is 0 Å². The van der Waals surface area contributed by atoms with Crippen LogP contribution in [0.25, 0.3) is 0 Å². The van der Waals surface area contributed by atoms with Crippen LogP contribution in [0.5, 0.6) is 0 Å². The van der Waals surface area contributed by atoms with E-state index < -0.39 is 0 Å². The Hall–Kier alpha value is -0.610. The molecule has 0 radical (unpaired) electrons. The molecule has 0 spiro atoms. The molecular weight excluding hydrogens is 230 g/mol. The Balaban J connectivity index is 1.73. The number of methoxy groups -OCH3 is 1. The van der Waals surface area contributed by atoms with Crippen molar-refractivity contribution in [2.24, 2.45) is 5.92 Å². The molecule has 1 atom stereocenters. The summed E-state index contributed by atoms with van der Waals surface area (Å²) >= 11 is 0. The average Bonchev–Trinajstić information content (AvgIpc) is 2.40. The summed E-state index contributed by atoms with van der Waals surface area (Å²) in [7, 11) is 1.44. The summed E-state index contributed by atoms with van der Waals surface area (Å²) in [5.41, 5.74) is 0. The van der Waals surface area contributed by atoms with Gasteiger partial charge in [0.15, 0.2) is 0 Å². The molecule has 1 saturated heterocycles. The topological polar surface area (TPSA) is 38.8 Å². The third-order valence-corrected chi connectivity index (χ3v) is 4.09. The molecule has 1 heterocycles. The molecule has 0 aromatic rings. The third-order valence-electron chi connectivity index (χ3n) is 4.09. The molecule has 1 aliphatic heterocycles. The molecule has 18 heavy (non-hydrogen) atoms. The number of carbonyl (C=O) groups is 1. The average molecular weight is 255 g/mol. The van der Waals surface area contributed by atoms with Crippen LogP contribution in [0.3, 0.4) is 0 Å². The summed E-state index contributed by atoms with van der Waals surface area (Å²) in [4.78, 5) is 13.7. The second-order valence-electron chi connectivity index (χ2n) is 5.54. The minimum atomic E-state index is -0.167. The first-order valence-electron chi connectivity index (χ1n) is 7.18. The molecule has 0 amide bonds. The quantitative estimate of drug-likeness (QED) is 0.718. The van der Waals surface area contributed by atoms with Crippen molar-refractivity contribution in [1.29, 1.82) is 0 Å². The predicted molar refractivity (Wildman–Crippen MR) is 69.4 cm³/mol. The standard InChI is InChI=1S/C14H25NO3/c1-17-14(16)9-13-11-15(7-8-18-13)10-12-5-3-2-4-6-12/h12-13H,2-11H2,1H3. The molecule has 4 heteroatoms. The molecule has 4 nitrogen and oxygen atoms in total. The first-order chi connectivity index (χ1) is 8.78. The number of carbonyl (C=O) groups excluding carboxylic acids is 1. The Morgan fingerprint density at radius 1 is 1.33 bits per heavy atom. The van der Waals surface area contributed by atoms with Crippen molar-refractivity contribution < 1.29 is 14.3 Å². The van der Waals surface area contributed by atoms with E-state index in [1.54, 1.807) is 0 Å². The van der Waals surface area contributed by atoms with Gasteiger partial charge < -0.3 is 9.47 Å². The van der Waals surface area contributed by atoms with Crippen LogP contribution in [0.15, 0.2) is 0 Å². The first kappa shape index (κ1) is 13.8. The van der Waals surface area contributed by atoms with Crippen molar-refractivity contribution >= 4 is 5.97 Å². The van der Waals surface area contributed by atoms with Crippen molar-refractivity contribution in [3.8, 4) is 0 Å². The number of hydrogen-bond donors (Lipinski definition) is 0. The number of rotatable bonds is 4. The lowest BCUT2D eigenvalue weighted by molar-refractivity contribution is -0.145. The molecule has 1 saturated carbocycles. The molecule has 1 aliphatic carbocycles. The van der Waals surface area contributed by atoms with Gasteiger partial charge in [-0.1, -0.05) is 19.3 Å². The Morgan fingerprint density at radius 2 is 2.11 bits per heavy atom. The maximum absolute atomic E-state index is 11.3. The second-order valence-corrected chi connectivity index (χ2v) is 5.54. The van der Waals surface area contributed by atoms with Gasteiger partial charge in [0.05, 0.1) is 26.2 Å². The van der Waals surface area contributed by atoms with E-state index in [9.17, 15) is 4.79 Å². The van der Waals surface area contributed by atoms with Crippen molar-refractivity contribution in [3.63, 3.8) is 0 Å². The van der Waals surface area contributed by atoms with Gasteiger partial charge in [0.2, 0.25) is 0 Å². The van der Waals surface area contributed by atoms with E-state index in [-0.39, 0.29) is 12.1 Å². The second kappa shape index (κ2) is 7.10. The van der Waals surface area contributed by atoms with E-state index in [1.807, 2.05) is 0 Å². The molecule has 2 rings (SSSR count). The minimum absolute atomic E-state index is 0.0230. The van der Waals surface area contributed by atoms with Crippen LogP contribution in [-0.2, 0) is 14.3 Å². The molecule has 0 N–H and O–H groups in total. The van der Waals surface area contributed by atoms with Gasteiger partial charge in [-0.2, -0.15) is 0 Å². The van der Waals surface area contributed by atoms with Gasteiger partial charge in [0.25, 0.3) is 0 Å². The summed E-state index contributed by atoms with van der Waals surface area (Å²) in [6, 6.07) is 0. The van der Waals surface area contributed by atoms with Crippen molar-refractivity contribution in [1.82, 2.24) is 4.90 Å². The smallest absolute Gasteiger partial charge is 0.308 e. The van der Waals surface area contributed by atoms with Gasteiger partial charge in [0.1, 0.15) is 0 Å². The number of nitrogens with zero attached hydrogens (tertiary/aromatic N) is 1. The fourth-order valence-electron chi connectivity index (χ4n) is 3.07. The zero-order valence-corrected chi connectivity index (χ0v) is 11.4. The Bertz CT molecular complexity index is 264. The molecule has 0 aromatic carbocycles. The lowest BCUT2D eigenvalue weighted by Crippen LogP contribution is -2.45. The van der Waals surface area contributed by atoms with E-state index in [1.165, 1.54) is 45.8 Å². The maximum Gasteiger partial charge on any atom is 0.308 e. The largest absolute Gasteiger partial charge is 0.469 e. The molecule has 2 aliphatic rings. The van der Waals surface area contributed by atoms with Gasteiger partial charge in [0, 0.05) is 19.6 Å². The lowest BCUT2D eigenvalue weighted by atomic mass is 9.89. The van der Waals surface area contributed by atoms with Crippen molar-refractivity contribution in [2.75, 3.05) is 33.4 Å². The molecule has 2 fully saturated rings. The highest BCUT2D eigenvalue weighted by Crippen LogP contribution is 2.25. The fourth-order valence-corrected chi connectivity index (χ4v) is 3.07. The molecule has 1 unspecified atom stereocenters. The Labute approximate surface area is 110 Å². The van der Waals surface area contributed by atoms with Gasteiger partial charge in [-0.15, -0.1) is 0 Å². The Kier molecular flexibility index (Phi) is 5.45. The molecular formula is C14H25NO3. The van der Waals surface area contributed by atoms with E-state index in [0.29, 0.717) is 6.42 Å². The summed E-state index contributed by atoms with van der Waals surface area (Å²) < 4.78 is 10.3. The van der Waals surface area contributed by atoms with Crippen LogP contribution in [0, 0.1) is 5.92 Å². The van der Waals surface area contributed by atoms with E-state index >= 15 is 0 Å². The fraction of sp³-hybridized carbons (Fsp3) is 0.929. The van der Waals surface area contributed by atoms with Crippen LogP contribution in [0.4, 0.5) is 0 Å². The zero-order chi connectivity index (χ0) is 12.8. The number of esters is 1. The highest BCUT2D eigenvalue weighted by Gasteiger charge is 2.25. The summed E-state index contributed by atoms with van der Waals surface area (Å²) in [6.07, 6.45) is 7.34. The van der Waals surface area contributed by atoms with Crippen LogP contribution < -0.4 is 0 Å². The highest BCUT2D eigenvalue weighted by molar-refractivity contribution is 5.69. The highest BCUT2D eigenvalue weighted by atomic mass is 16.5. The normalized spacial score (nSPS) is 27.1. The monoisotopic (exact) mass is 255 g/mol. The Morgan fingerprint density at radius 3 is 2.83 bits per heavy atom. The summed E-state index contributed by atoms with van der Waals surface area (Å²) in [5.74, 6) is 0.690. The van der Waals surface area contributed by atoms with E-state index in [4.69, 9.17) is 9.47 Å². The number of hydrogen-bond acceptors (Lipinski definition) is 4. The SMILES string of the molecule is COC(=O)CC1CN(CC2CCCCC2)CCO1. The van der Waals surface area contributed by atoms with Crippen LogP contribution in [-0.4, -0.2) is 50.3 Å². The molecule has 104 valence electrons. The summed E-state index contributed by atoms with van der Waals surface area (Å²) in [6.45, 7) is 3.81. The third kappa shape index (κ3) is 4.25. The van der Waals surface area contributed by atoms with Gasteiger partial charge in [-0.25, -0.2) is 0 Å². The zero-order valence-electron chi connectivity index (χ0n) is 11.4. The first-order valence-corrected chi connectivity index (χ1v) is 7.18. The predicted octanol–water partition coefficient (Wildman–Crippen LogP) is 1.83. The van der Waals surface area contributed by atoms with Crippen LogP contribution >= 0.6 is 0 Å². The molecule has 0 aromatic heterocycles. The molecule has 0 bridgehead atoms. The van der Waals surface area contributed by atoms with Gasteiger partial charge in [-0.05, 0) is 18.8 Å². The summed E-state index contributed by atoms with van der Waals surface area (Å²) in [5, 5.41) is 0. The van der Waals surface area contributed by atoms with Gasteiger partial charge in [-0.3, -0.25) is 9.69 Å². The van der Waals surface area contributed by atoms with Crippen LogP contribution in [0.1, 0.15) is 38.5 Å². The number of morpholine rings is 1. The van der Waals surface area contributed by atoms with E-state index in [2.05, 4.69) is 4.90 Å².